The van der Waals surface area contributed by atoms with E-state index >= 15 is 0 Å². The normalized spacial score (nSPS) is 10.9. The standard InChI is InChI=1S/C20H30N4O3S.HI/c1-6-21-20(22-9-7-15-13-28-14(2)24-15)23-10-8-17-18(26-4)11-16(25-3)12-19(17)27-5;/h11-13H,6-10H2,1-5H3,(H2,21,22,23);1H. The fourth-order valence-electron chi connectivity index (χ4n) is 2.78. The third-order valence-corrected chi connectivity index (χ3v) is 4.96. The van der Waals surface area contributed by atoms with Crippen LogP contribution in [0, 0.1) is 6.92 Å². The monoisotopic (exact) mass is 534 g/mol. The van der Waals surface area contributed by atoms with Gasteiger partial charge in [-0.05, 0) is 20.3 Å². The van der Waals surface area contributed by atoms with Crippen LogP contribution in [-0.4, -0.2) is 51.9 Å². The maximum Gasteiger partial charge on any atom is 0.191 e. The van der Waals surface area contributed by atoms with E-state index in [1.165, 1.54) is 0 Å². The lowest BCUT2D eigenvalue weighted by Gasteiger charge is -2.16. The number of rotatable bonds is 10. The second kappa shape index (κ2) is 13.5. The van der Waals surface area contributed by atoms with Gasteiger partial charge in [-0.3, -0.25) is 4.99 Å². The SMILES string of the molecule is CCNC(=NCCc1csc(C)n1)NCCc1c(OC)cc(OC)cc1OC.I. The minimum atomic E-state index is 0. The number of aryl methyl sites for hydroxylation is 1. The Balaban J connectivity index is 0.00000420. The molecule has 0 amide bonds. The molecule has 7 nitrogen and oxygen atoms in total. The van der Waals surface area contributed by atoms with E-state index in [2.05, 4.69) is 32.9 Å². The molecule has 0 saturated heterocycles. The zero-order valence-corrected chi connectivity index (χ0v) is 20.9. The largest absolute Gasteiger partial charge is 0.496 e. The molecule has 0 aliphatic carbocycles. The summed E-state index contributed by atoms with van der Waals surface area (Å²) in [7, 11) is 4.93. The number of nitrogens with zero attached hydrogens (tertiary/aromatic N) is 2. The second-order valence-corrected chi connectivity index (χ2v) is 7.12. The minimum absolute atomic E-state index is 0. The van der Waals surface area contributed by atoms with Crippen LogP contribution in [0.4, 0.5) is 0 Å². The van der Waals surface area contributed by atoms with Crippen LogP contribution in [-0.2, 0) is 12.8 Å². The number of aliphatic imine (C=N–C) groups is 1. The number of methoxy groups -OCH3 is 3. The Kier molecular flexibility index (Phi) is 11.7. The Bertz CT molecular complexity index is 758. The zero-order chi connectivity index (χ0) is 20.4. The quantitative estimate of drug-likeness (QED) is 0.277. The number of hydrogen-bond acceptors (Lipinski definition) is 6. The molecule has 0 radical (unpaired) electrons. The highest BCUT2D eigenvalue weighted by Crippen LogP contribution is 2.34. The first-order valence-corrected chi connectivity index (χ1v) is 10.2. The molecule has 9 heteroatoms. The van der Waals surface area contributed by atoms with E-state index in [9.17, 15) is 0 Å². The van der Waals surface area contributed by atoms with Crippen molar-refractivity contribution in [2.45, 2.75) is 26.7 Å². The summed E-state index contributed by atoms with van der Waals surface area (Å²) in [4.78, 5) is 9.12. The summed E-state index contributed by atoms with van der Waals surface area (Å²) >= 11 is 1.67. The molecule has 2 rings (SSSR count). The summed E-state index contributed by atoms with van der Waals surface area (Å²) in [5, 5.41) is 9.82. The van der Waals surface area contributed by atoms with Crippen molar-refractivity contribution in [3.8, 4) is 17.2 Å². The fourth-order valence-corrected chi connectivity index (χ4v) is 3.42. The Hall–Kier alpha value is -1.75. The van der Waals surface area contributed by atoms with Crippen LogP contribution in [0.2, 0.25) is 0 Å². The summed E-state index contributed by atoms with van der Waals surface area (Å²) < 4.78 is 16.3. The molecule has 0 bridgehead atoms. The summed E-state index contributed by atoms with van der Waals surface area (Å²) in [6, 6.07) is 3.74. The predicted molar refractivity (Wildman–Crippen MR) is 130 cm³/mol. The van der Waals surface area contributed by atoms with Gasteiger partial charge in [0.05, 0.1) is 32.0 Å². The van der Waals surface area contributed by atoms with Gasteiger partial charge in [-0.25, -0.2) is 4.98 Å². The number of guanidine groups is 1. The van der Waals surface area contributed by atoms with Gasteiger partial charge in [-0.2, -0.15) is 0 Å². The number of benzene rings is 1. The molecule has 162 valence electrons. The van der Waals surface area contributed by atoms with Gasteiger partial charge < -0.3 is 24.8 Å². The summed E-state index contributed by atoms with van der Waals surface area (Å²) in [5.41, 5.74) is 2.09. The van der Waals surface area contributed by atoms with Crippen molar-refractivity contribution in [1.29, 1.82) is 0 Å². The molecule has 0 spiro atoms. The molecule has 2 N–H and O–H groups in total. The minimum Gasteiger partial charge on any atom is -0.496 e. The maximum absolute atomic E-state index is 5.51. The highest BCUT2D eigenvalue weighted by molar-refractivity contribution is 14.0. The van der Waals surface area contributed by atoms with E-state index in [4.69, 9.17) is 14.2 Å². The lowest BCUT2D eigenvalue weighted by atomic mass is 10.1. The lowest BCUT2D eigenvalue weighted by molar-refractivity contribution is 0.368. The molecular weight excluding hydrogens is 503 g/mol. The van der Waals surface area contributed by atoms with E-state index in [1.54, 1.807) is 32.7 Å². The Morgan fingerprint density at radius 3 is 2.28 bits per heavy atom. The third-order valence-electron chi connectivity index (χ3n) is 4.13. The van der Waals surface area contributed by atoms with Crippen LogP contribution < -0.4 is 24.8 Å². The van der Waals surface area contributed by atoms with Crippen LogP contribution in [0.15, 0.2) is 22.5 Å². The van der Waals surface area contributed by atoms with Crippen molar-refractivity contribution in [2.75, 3.05) is 41.0 Å². The third kappa shape index (κ3) is 7.88. The van der Waals surface area contributed by atoms with Crippen molar-refractivity contribution < 1.29 is 14.2 Å². The van der Waals surface area contributed by atoms with Crippen LogP contribution in [0.5, 0.6) is 17.2 Å². The molecule has 2 aromatic rings. The Labute approximate surface area is 194 Å². The average Bonchev–Trinajstić information content (AvgIpc) is 3.12. The van der Waals surface area contributed by atoms with Crippen LogP contribution >= 0.6 is 35.3 Å². The molecule has 0 aliphatic rings. The van der Waals surface area contributed by atoms with E-state index in [0.717, 1.165) is 53.1 Å². The number of nitrogens with one attached hydrogen (secondary N) is 2. The first kappa shape index (κ1) is 25.3. The van der Waals surface area contributed by atoms with Gasteiger partial charge in [-0.1, -0.05) is 0 Å². The summed E-state index contributed by atoms with van der Waals surface area (Å²) in [6.45, 7) is 6.26. The van der Waals surface area contributed by atoms with Gasteiger partial charge in [0, 0.05) is 49.1 Å². The van der Waals surface area contributed by atoms with E-state index in [1.807, 2.05) is 19.1 Å². The van der Waals surface area contributed by atoms with Gasteiger partial charge in [0.15, 0.2) is 5.96 Å². The van der Waals surface area contributed by atoms with Crippen LogP contribution in [0.1, 0.15) is 23.2 Å². The Morgan fingerprint density at radius 1 is 1.07 bits per heavy atom. The Morgan fingerprint density at radius 2 is 1.76 bits per heavy atom. The highest BCUT2D eigenvalue weighted by atomic mass is 127. The molecule has 0 unspecified atom stereocenters. The predicted octanol–water partition coefficient (Wildman–Crippen LogP) is 3.44. The number of aromatic nitrogens is 1. The number of halogens is 1. The van der Waals surface area contributed by atoms with E-state index in [-0.39, 0.29) is 24.0 Å². The number of ether oxygens (including phenoxy) is 3. The number of thiazole rings is 1. The van der Waals surface area contributed by atoms with Crippen LogP contribution in [0.3, 0.4) is 0 Å². The van der Waals surface area contributed by atoms with Crippen molar-refractivity contribution in [2.24, 2.45) is 4.99 Å². The van der Waals surface area contributed by atoms with Crippen molar-refractivity contribution >= 4 is 41.3 Å². The maximum atomic E-state index is 5.51. The van der Waals surface area contributed by atoms with Crippen LogP contribution in [0.25, 0.3) is 0 Å². The lowest BCUT2D eigenvalue weighted by Crippen LogP contribution is -2.38. The van der Waals surface area contributed by atoms with Crippen molar-refractivity contribution in [1.82, 2.24) is 15.6 Å². The fraction of sp³-hybridized carbons (Fsp3) is 0.500. The molecule has 0 fully saturated rings. The highest BCUT2D eigenvalue weighted by Gasteiger charge is 2.13. The molecule has 1 aromatic heterocycles. The first-order valence-electron chi connectivity index (χ1n) is 9.33. The molecule has 0 aliphatic heterocycles. The molecule has 29 heavy (non-hydrogen) atoms. The van der Waals surface area contributed by atoms with Gasteiger partial charge in [0.2, 0.25) is 0 Å². The summed E-state index contributed by atoms with van der Waals surface area (Å²) in [5.74, 6) is 3.00. The van der Waals surface area contributed by atoms with E-state index in [0.29, 0.717) is 18.8 Å². The second-order valence-electron chi connectivity index (χ2n) is 6.06. The summed E-state index contributed by atoms with van der Waals surface area (Å²) in [6.07, 6.45) is 1.56. The topological polar surface area (TPSA) is 77.0 Å². The zero-order valence-electron chi connectivity index (χ0n) is 17.7. The van der Waals surface area contributed by atoms with Crippen molar-refractivity contribution in [3.63, 3.8) is 0 Å². The van der Waals surface area contributed by atoms with Gasteiger partial charge in [0.25, 0.3) is 0 Å². The van der Waals surface area contributed by atoms with Gasteiger partial charge >= 0.3 is 0 Å². The molecular formula is C20H31IN4O3S. The number of hydrogen-bond donors (Lipinski definition) is 2. The molecule has 1 aromatic carbocycles. The molecule has 0 atom stereocenters. The molecule has 0 saturated carbocycles. The van der Waals surface area contributed by atoms with Crippen molar-refractivity contribution in [3.05, 3.63) is 33.8 Å². The van der Waals surface area contributed by atoms with E-state index < -0.39 is 0 Å². The molecule has 1 heterocycles. The average molecular weight is 534 g/mol. The van der Waals surface area contributed by atoms with Gasteiger partial charge in [0.1, 0.15) is 17.2 Å². The first-order chi connectivity index (χ1) is 13.6. The van der Waals surface area contributed by atoms with Gasteiger partial charge in [-0.15, -0.1) is 35.3 Å². The smallest absolute Gasteiger partial charge is 0.191 e.